The lowest BCUT2D eigenvalue weighted by atomic mass is 9.92. The SMILES string of the molecule is O=C(Cc1cccc(O)c1)N[C@H]1CCCC[C@@H]1O. The summed E-state index contributed by atoms with van der Waals surface area (Å²) in [7, 11) is 0. The molecule has 98 valence electrons. The van der Waals surface area contributed by atoms with E-state index < -0.39 is 6.10 Å². The van der Waals surface area contributed by atoms with E-state index in [9.17, 15) is 15.0 Å². The van der Waals surface area contributed by atoms with Gasteiger partial charge < -0.3 is 15.5 Å². The highest BCUT2D eigenvalue weighted by molar-refractivity contribution is 5.79. The second-order valence-corrected chi connectivity index (χ2v) is 4.87. The molecular formula is C14H19NO3. The van der Waals surface area contributed by atoms with Crippen LogP contribution in [0.15, 0.2) is 24.3 Å². The van der Waals surface area contributed by atoms with Gasteiger partial charge in [0.25, 0.3) is 0 Å². The van der Waals surface area contributed by atoms with E-state index in [0.717, 1.165) is 31.2 Å². The molecule has 1 aliphatic carbocycles. The molecule has 0 aliphatic heterocycles. The largest absolute Gasteiger partial charge is 0.508 e. The molecule has 0 spiro atoms. The molecule has 2 rings (SSSR count). The Hall–Kier alpha value is -1.55. The van der Waals surface area contributed by atoms with Gasteiger partial charge in [-0.3, -0.25) is 4.79 Å². The molecule has 0 heterocycles. The van der Waals surface area contributed by atoms with Crippen LogP contribution in [-0.2, 0) is 11.2 Å². The van der Waals surface area contributed by atoms with E-state index in [4.69, 9.17) is 0 Å². The van der Waals surface area contributed by atoms with Gasteiger partial charge in [-0.15, -0.1) is 0 Å². The Morgan fingerprint density at radius 2 is 2.11 bits per heavy atom. The minimum atomic E-state index is -0.424. The summed E-state index contributed by atoms with van der Waals surface area (Å²) < 4.78 is 0. The Morgan fingerprint density at radius 3 is 2.83 bits per heavy atom. The first-order chi connectivity index (χ1) is 8.65. The highest BCUT2D eigenvalue weighted by Crippen LogP contribution is 2.18. The van der Waals surface area contributed by atoms with Crippen LogP contribution in [0.1, 0.15) is 31.2 Å². The number of phenols is 1. The number of rotatable bonds is 3. The van der Waals surface area contributed by atoms with E-state index in [1.54, 1.807) is 24.3 Å². The fraction of sp³-hybridized carbons (Fsp3) is 0.500. The van der Waals surface area contributed by atoms with E-state index in [1.165, 1.54) is 0 Å². The summed E-state index contributed by atoms with van der Waals surface area (Å²) in [5.74, 6) is 0.0598. The number of carbonyl (C=O) groups excluding carboxylic acids is 1. The van der Waals surface area contributed by atoms with Crippen molar-refractivity contribution in [2.75, 3.05) is 0 Å². The molecule has 0 radical (unpaired) electrons. The number of amides is 1. The van der Waals surface area contributed by atoms with E-state index in [-0.39, 0.29) is 24.1 Å². The van der Waals surface area contributed by atoms with Crippen molar-refractivity contribution in [3.63, 3.8) is 0 Å². The molecule has 3 N–H and O–H groups in total. The van der Waals surface area contributed by atoms with Gasteiger partial charge in [0.15, 0.2) is 0 Å². The standard InChI is InChI=1S/C14H19NO3/c16-11-5-3-4-10(8-11)9-14(18)15-12-6-1-2-7-13(12)17/h3-5,8,12-13,16-17H,1-2,6-7,9H2,(H,15,18)/t12-,13-/m0/s1. The van der Waals surface area contributed by atoms with E-state index in [0.29, 0.717) is 0 Å². The molecule has 1 aliphatic rings. The molecule has 2 atom stereocenters. The van der Waals surface area contributed by atoms with Crippen LogP contribution >= 0.6 is 0 Å². The Labute approximate surface area is 107 Å². The number of hydrogen-bond acceptors (Lipinski definition) is 3. The van der Waals surface area contributed by atoms with Crippen molar-refractivity contribution in [2.45, 2.75) is 44.2 Å². The molecule has 4 heteroatoms. The Kier molecular flexibility index (Phi) is 4.20. The predicted molar refractivity (Wildman–Crippen MR) is 68.2 cm³/mol. The van der Waals surface area contributed by atoms with Crippen LogP contribution in [0.5, 0.6) is 5.75 Å². The third kappa shape index (κ3) is 3.47. The molecule has 1 aromatic rings. The van der Waals surface area contributed by atoms with E-state index in [2.05, 4.69) is 5.32 Å². The lowest BCUT2D eigenvalue weighted by molar-refractivity contribution is -0.122. The van der Waals surface area contributed by atoms with Crippen molar-refractivity contribution >= 4 is 5.91 Å². The van der Waals surface area contributed by atoms with Crippen molar-refractivity contribution in [1.82, 2.24) is 5.32 Å². The van der Waals surface area contributed by atoms with Gasteiger partial charge in [0.1, 0.15) is 5.75 Å². The summed E-state index contributed by atoms with van der Waals surface area (Å²) in [6.07, 6.45) is 3.49. The van der Waals surface area contributed by atoms with Crippen molar-refractivity contribution in [1.29, 1.82) is 0 Å². The van der Waals surface area contributed by atoms with Gasteiger partial charge in [0, 0.05) is 0 Å². The van der Waals surface area contributed by atoms with Crippen LogP contribution in [0.4, 0.5) is 0 Å². The van der Waals surface area contributed by atoms with E-state index in [1.807, 2.05) is 0 Å². The monoisotopic (exact) mass is 249 g/mol. The van der Waals surface area contributed by atoms with Crippen molar-refractivity contribution in [3.8, 4) is 5.75 Å². The molecule has 1 amide bonds. The number of aromatic hydroxyl groups is 1. The number of benzene rings is 1. The normalized spacial score (nSPS) is 23.6. The van der Waals surface area contributed by atoms with Crippen molar-refractivity contribution < 1.29 is 15.0 Å². The Balaban J connectivity index is 1.88. The van der Waals surface area contributed by atoms with Crippen LogP contribution in [0.25, 0.3) is 0 Å². The smallest absolute Gasteiger partial charge is 0.224 e. The fourth-order valence-corrected chi connectivity index (χ4v) is 2.39. The molecule has 4 nitrogen and oxygen atoms in total. The van der Waals surface area contributed by atoms with Gasteiger partial charge in [0.05, 0.1) is 18.6 Å². The maximum absolute atomic E-state index is 11.8. The number of aliphatic hydroxyl groups excluding tert-OH is 1. The van der Waals surface area contributed by atoms with Crippen molar-refractivity contribution in [2.24, 2.45) is 0 Å². The van der Waals surface area contributed by atoms with Gasteiger partial charge >= 0.3 is 0 Å². The maximum atomic E-state index is 11.8. The highest BCUT2D eigenvalue weighted by Gasteiger charge is 2.24. The molecule has 1 fully saturated rings. The first-order valence-corrected chi connectivity index (χ1v) is 6.40. The second kappa shape index (κ2) is 5.87. The van der Waals surface area contributed by atoms with Gasteiger partial charge in [-0.2, -0.15) is 0 Å². The van der Waals surface area contributed by atoms with Crippen LogP contribution in [-0.4, -0.2) is 28.3 Å². The summed E-state index contributed by atoms with van der Waals surface area (Å²) >= 11 is 0. The molecule has 18 heavy (non-hydrogen) atoms. The molecule has 0 unspecified atom stereocenters. The van der Waals surface area contributed by atoms with Crippen LogP contribution < -0.4 is 5.32 Å². The maximum Gasteiger partial charge on any atom is 0.224 e. The van der Waals surface area contributed by atoms with Crippen LogP contribution in [0, 0.1) is 0 Å². The zero-order chi connectivity index (χ0) is 13.0. The molecule has 0 saturated heterocycles. The minimum absolute atomic E-state index is 0.105. The Morgan fingerprint density at radius 1 is 1.33 bits per heavy atom. The molecular weight excluding hydrogens is 230 g/mol. The molecule has 1 saturated carbocycles. The highest BCUT2D eigenvalue weighted by atomic mass is 16.3. The third-order valence-corrected chi connectivity index (χ3v) is 3.35. The Bertz CT molecular complexity index is 419. The topological polar surface area (TPSA) is 69.6 Å². The quantitative estimate of drug-likeness (QED) is 0.757. The zero-order valence-corrected chi connectivity index (χ0v) is 10.3. The predicted octanol–water partition coefficient (Wildman–Crippen LogP) is 1.35. The average molecular weight is 249 g/mol. The number of aliphatic hydroxyl groups is 1. The van der Waals surface area contributed by atoms with Crippen LogP contribution in [0.2, 0.25) is 0 Å². The second-order valence-electron chi connectivity index (χ2n) is 4.87. The van der Waals surface area contributed by atoms with Gasteiger partial charge in [-0.1, -0.05) is 25.0 Å². The van der Waals surface area contributed by atoms with Gasteiger partial charge in [0.2, 0.25) is 5.91 Å². The molecule has 0 bridgehead atoms. The summed E-state index contributed by atoms with van der Waals surface area (Å²) in [5, 5.41) is 22.0. The van der Waals surface area contributed by atoms with E-state index >= 15 is 0 Å². The first kappa shape index (κ1) is 12.9. The van der Waals surface area contributed by atoms with Crippen molar-refractivity contribution in [3.05, 3.63) is 29.8 Å². The first-order valence-electron chi connectivity index (χ1n) is 6.40. The number of phenolic OH excluding ortho intramolecular Hbond substituents is 1. The molecule has 0 aromatic heterocycles. The summed E-state index contributed by atoms with van der Waals surface area (Å²) in [5.41, 5.74) is 0.776. The lowest BCUT2D eigenvalue weighted by Gasteiger charge is -2.28. The number of nitrogens with one attached hydrogen (secondary N) is 1. The van der Waals surface area contributed by atoms with Gasteiger partial charge in [-0.25, -0.2) is 0 Å². The average Bonchev–Trinajstić information content (AvgIpc) is 2.32. The number of carbonyl (C=O) groups is 1. The van der Waals surface area contributed by atoms with Gasteiger partial charge in [-0.05, 0) is 30.5 Å². The summed E-state index contributed by atoms with van der Waals surface area (Å²) in [6, 6.07) is 6.55. The minimum Gasteiger partial charge on any atom is -0.508 e. The number of hydrogen-bond donors (Lipinski definition) is 3. The lowest BCUT2D eigenvalue weighted by Crippen LogP contribution is -2.45. The molecule has 1 aromatic carbocycles. The fourth-order valence-electron chi connectivity index (χ4n) is 2.39. The zero-order valence-electron chi connectivity index (χ0n) is 10.3. The summed E-state index contributed by atoms with van der Waals surface area (Å²) in [6.45, 7) is 0. The third-order valence-electron chi connectivity index (χ3n) is 3.35. The summed E-state index contributed by atoms with van der Waals surface area (Å²) in [4.78, 5) is 11.8. The van der Waals surface area contributed by atoms with Crippen LogP contribution in [0.3, 0.4) is 0 Å².